The van der Waals surface area contributed by atoms with Crippen molar-refractivity contribution in [2.24, 2.45) is 0 Å². The minimum atomic E-state index is -4.57. The zero-order valence-electron chi connectivity index (χ0n) is 14.8. The number of fused-ring (bicyclic) bond motifs is 1. The molecule has 0 aliphatic carbocycles. The molecule has 0 saturated carbocycles. The second-order valence-corrected chi connectivity index (χ2v) is 5.74. The van der Waals surface area contributed by atoms with Crippen LogP contribution in [0.1, 0.15) is 21.5 Å². The molecule has 0 bridgehead atoms. The van der Waals surface area contributed by atoms with Gasteiger partial charge >= 0.3 is 6.18 Å². The summed E-state index contributed by atoms with van der Waals surface area (Å²) in [5.41, 5.74) is -1.12. The third kappa shape index (κ3) is 3.28. The standard InChI is InChI=1S/C20H15F3O5/c1-26-17-12-9-10-28-18(12)19(27-2)16(25)15(17)14(24)8-7-11-5-3-4-6-13(11)20(21,22)23/h3-10,25H,1-2H3. The lowest BCUT2D eigenvalue weighted by Gasteiger charge is -2.13. The number of methoxy groups -OCH3 is 2. The van der Waals surface area contributed by atoms with Gasteiger partial charge in [-0.15, -0.1) is 0 Å². The molecule has 1 aromatic heterocycles. The second-order valence-electron chi connectivity index (χ2n) is 5.74. The Hall–Kier alpha value is -3.42. The van der Waals surface area contributed by atoms with Gasteiger partial charge in [0.2, 0.25) is 5.75 Å². The molecule has 5 nitrogen and oxygen atoms in total. The predicted octanol–water partition coefficient (Wildman–Crippen LogP) is 5.07. The van der Waals surface area contributed by atoms with E-state index in [0.717, 1.165) is 18.2 Å². The van der Waals surface area contributed by atoms with Crippen LogP contribution in [0.2, 0.25) is 0 Å². The maximum absolute atomic E-state index is 13.1. The van der Waals surface area contributed by atoms with Gasteiger partial charge in [0.15, 0.2) is 17.1 Å². The summed E-state index contributed by atoms with van der Waals surface area (Å²) >= 11 is 0. The van der Waals surface area contributed by atoms with Gasteiger partial charge in [0.05, 0.1) is 31.4 Å². The number of carbonyl (C=O) groups is 1. The van der Waals surface area contributed by atoms with E-state index >= 15 is 0 Å². The predicted molar refractivity (Wildman–Crippen MR) is 95.8 cm³/mol. The highest BCUT2D eigenvalue weighted by Gasteiger charge is 2.32. The number of phenols is 1. The summed E-state index contributed by atoms with van der Waals surface area (Å²) in [5.74, 6) is -1.33. The van der Waals surface area contributed by atoms with E-state index in [9.17, 15) is 23.1 Å². The first-order valence-corrected chi connectivity index (χ1v) is 8.02. The molecule has 0 amide bonds. The van der Waals surface area contributed by atoms with Crippen LogP contribution in [0.4, 0.5) is 13.2 Å². The number of alkyl halides is 3. The molecule has 2 aromatic carbocycles. The number of ether oxygens (including phenoxy) is 2. The van der Waals surface area contributed by atoms with E-state index in [0.29, 0.717) is 5.39 Å². The highest BCUT2D eigenvalue weighted by atomic mass is 19.4. The van der Waals surface area contributed by atoms with Gasteiger partial charge in [-0.3, -0.25) is 4.79 Å². The molecule has 0 aliphatic heterocycles. The Morgan fingerprint density at radius 2 is 1.79 bits per heavy atom. The Balaban J connectivity index is 2.11. The SMILES string of the molecule is COc1c(C(=O)C=Cc2ccccc2C(F)(F)F)c(O)c(OC)c2occc12. The summed E-state index contributed by atoms with van der Waals surface area (Å²) in [6.45, 7) is 0. The zero-order chi connectivity index (χ0) is 20.5. The van der Waals surface area contributed by atoms with Crippen LogP contribution in [0.3, 0.4) is 0 Å². The lowest BCUT2D eigenvalue weighted by atomic mass is 10.0. The summed E-state index contributed by atoms with van der Waals surface area (Å²) in [5, 5.41) is 10.8. The Labute approximate surface area is 157 Å². The maximum atomic E-state index is 13.1. The summed E-state index contributed by atoms with van der Waals surface area (Å²) in [6, 6.07) is 6.37. The molecular weight excluding hydrogens is 377 g/mol. The monoisotopic (exact) mass is 392 g/mol. The number of benzene rings is 2. The summed E-state index contributed by atoms with van der Waals surface area (Å²) in [4.78, 5) is 12.7. The Kier molecular flexibility index (Phi) is 5.04. The molecule has 1 N–H and O–H groups in total. The lowest BCUT2D eigenvalue weighted by Crippen LogP contribution is -2.07. The second kappa shape index (κ2) is 7.30. The van der Waals surface area contributed by atoms with Gasteiger partial charge in [-0.1, -0.05) is 24.3 Å². The van der Waals surface area contributed by atoms with E-state index in [-0.39, 0.29) is 28.2 Å². The van der Waals surface area contributed by atoms with E-state index in [4.69, 9.17) is 13.9 Å². The van der Waals surface area contributed by atoms with Crippen molar-refractivity contribution in [3.05, 3.63) is 59.4 Å². The topological polar surface area (TPSA) is 68.9 Å². The molecule has 0 aliphatic rings. The number of aromatic hydroxyl groups is 1. The first-order chi connectivity index (χ1) is 13.3. The highest BCUT2D eigenvalue weighted by Crippen LogP contribution is 2.46. The molecule has 1 heterocycles. The molecule has 0 saturated heterocycles. The van der Waals surface area contributed by atoms with Crippen LogP contribution in [0.25, 0.3) is 17.0 Å². The van der Waals surface area contributed by atoms with Crippen LogP contribution >= 0.6 is 0 Å². The van der Waals surface area contributed by atoms with Crippen LogP contribution in [-0.2, 0) is 6.18 Å². The van der Waals surface area contributed by atoms with Gasteiger partial charge < -0.3 is 19.0 Å². The fourth-order valence-corrected chi connectivity index (χ4v) is 2.91. The Bertz CT molecular complexity index is 1060. The van der Waals surface area contributed by atoms with Crippen LogP contribution in [0, 0.1) is 0 Å². The minimum absolute atomic E-state index is 0.0285. The molecule has 0 atom stereocenters. The molecule has 0 spiro atoms. The quantitative estimate of drug-likeness (QED) is 0.485. The van der Waals surface area contributed by atoms with Gasteiger partial charge in [0.1, 0.15) is 11.3 Å². The van der Waals surface area contributed by atoms with Crippen LogP contribution in [0.15, 0.2) is 47.1 Å². The van der Waals surface area contributed by atoms with E-state index in [1.165, 1.54) is 44.7 Å². The van der Waals surface area contributed by atoms with Crippen molar-refractivity contribution in [1.82, 2.24) is 0 Å². The molecule has 146 valence electrons. The normalized spacial score (nSPS) is 11.9. The fourth-order valence-electron chi connectivity index (χ4n) is 2.91. The zero-order valence-corrected chi connectivity index (χ0v) is 14.8. The number of allylic oxidation sites excluding steroid dienone is 1. The van der Waals surface area contributed by atoms with Crippen LogP contribution < -0.4 is 9.47 Å². The van der Waals surface area contributed by atoms with E-state index < -0.39 is 23.3 Å². The first kappa shape index (κ1) is 19.3. The van der Waals surface area contributed by atoms with Crippen molar-refractivity contribution in [3.63, 3.8) is 0 Å². The third-order valence-corrected chi connectivity index (χ3v) is 4.13. The van der Waals surface area contributed by atoms with Crippen molar-refractivity contribution in [2.45, 2.75) is 6.18 Å². The molecule has 0 radical (unpaired) electrons. The number of hydrogen-bond donors (Lipinski definition) is 1. The molecule has 8 heteroatoms. The van der Waals surface area contributed by atoms with E-state index in [1.807, 2.05) is 0 Å². The van der Waals surface area contributed by atoms with Crippen molar-refractivity contribution >= 4 is 22.8 Å². The number of furan rings is 1. The first-order valence-electron chi connectivity index (χ1n) is 8.02. The number of halogens is 3. The number of carbonyl (C=O) groups excluding carboxylic acids is 1. The number of phenolic OH excluding ortho intramolecular Hbond substituents is 1. The van der Waals surface area contributed by atoms with Gasteiger partial charge in [-0.05, 0) is 23.8 Å². The van der Waals surface area contributed by atoms with Crippen molar-refractivity contribution in [3.8, 4) is 17.2 Å². The molecule has 3 aromatic rings. The van der Waals surface area contributed by atoms with Gasteiger partial charge in [-0.25, -0.2) is 0 Å². The summed E-state index contributed by atoms with van der Waals surface area (Å²) in [7, 11) is 2.58. The maximum Gasteiger partial charge on any atom is 0.416 e. The van der Waals surface area contributed by atoms with Crippen LogP contribution in [-0.4, -0.2) is 25.1 Å². The summed E-state index contributed by atoms with van der Waals surface area (Å²) in [6.07, 6.45) is -1.26. The van der Waals surface area contributed by atoms with Crippen molar-refractivity contribution in [2.75, 3.05) is 14.2 Å². The lowest BCUT2D eigenvalue weighted by molar-refractivity contribution is -0.137. The molecule has 3 rings (SSSR count). The molecule has 0 fully saturated rings. The largest absolute Gasteiger partial charge is 0.504 e. The van der Waals surface area contributed by atoms with Crippen LogP contribution in [0.5, 0.6) is 17.2 Å². The van der Waals surface area contributed by atoms with E-state index in [1.54, 1.807) is 0 Å². The Morgan fingerprint density at radius 1 is 1.11 bits per heavy atom. The van der Waals surface area contributed by atoms with Gasteiger partial charge in [0, 0.05) is 0 Å². The van der Waals surface area contributed by atoms with Crippen molar-refractivity contribution < 1.29 is 37.0 Å². The summed E-state index contributed by atoms with van der Waals surface area (Å²) < 4.78 is 54.9. The number of rotatable bonds is 5. The third-order valence-electron chi connectivity index (χ3n) is 4.13. The fraction of sp³-hybridized carbons (Fsp3) is 0.150. The number of hydrogen-bond acceptors (Lipinski definition) is 5. The van der Waals surface area contributed by atoms with E-state index in [2.05, 4.69) is 0 Å². The number of ketones is 1. The Morgan fingerprint density at radius 3 is 2.43 bits per heavy atom. The smallest absolute Gasteiger partial charge is 0.416 e. The molecule has 0 unspecified atom stereocenters. The molecule has 28 heavy (non-hydrogen) atoms. The average molecular weight is 392 g/mol. The van der Waals surface area contributed by atoms with Crippen molar-refractivity contribution in [1.29, 1.82) is 0 Å². The van der Waals surface area contributed by atoms with Gasteiger partial charge in [-0.2, -0.15) is 13.2 Å². The highest BCUT2D eigenvalue weighted by molar-refractivity contribution is 6.15. The minimum Gasteiger partial charge on any atom is -0.504 e. The molecular formula is C20H15F3O5. The average Bonchev–Trinajstić information content (AvgIpc) is 3.13. The van der Waals surface area contributed by atoms with Gasteiger partial charge in [0.25, 0.3) is 0 Å².